The lowest BCUT2D eigenvalue weighted by Crippen LogP contribution is -2.24. The van der Waals surface area contributed by atoms with Crippen LogP contribution in [0, 0.1) is 0 Å². The van der Waals surface area contributed by atoms with Crippen LogP contribution in [0.3, 0.4) is 0 Å². The normalized spacial score (nSPS) is 12.4. The number of carbonyl (C=O) groups is 1. The Labute approximate surface area is 123 Å². The van der Waals surface area contributed by atoms with Crippen LogP contribution in [0.1, 0.15) is 71.1 Å². The van der Waals surface area contributed by atoms with Crippen molar-refractivity contribution in [2.24, 2.45) is 0 Å². The first-order valence-corrected chi connectivity index (χ1v) is 8.47. The fourth-order valence-electron chi connectivity index (χ4n) is 1.83. The molecule has 17 heavy (non-hydrogen) atoms. The van der Waals surface area contributed by atoms with Gasteiger partial charge in [0.2, 0.25) is 0 Å². The molecule has 1 unspecified atom stereocenters. The minimum Gasteiger partial charge on any atom is -0.334 e. The Hall–Kier alpha value is 0.430. The fourth-order valence-corrected chi connectivity index (χ4v) is 2.94. The number of unbranched alkanes of at least 4 members (excludes halogenated alkanes) is 8. The first kappa shape index (κ1) is 17.4. The van der Waals surface area contributed by atoms with Crippen LogP contribution in [0.25, 0.3) is 0 Å². The molecule has 0 rings (SSSR count). The number of rotatable bonds is 11. The van der Waals surface area contributed by atoms with Gasteiger partial charge < -0.3 is 5.32 Å². The van der Waals surface area contributed by atoms with Gasteiger partial charge in [-0.05, 0) is 6.42 Å². The Balaban J connectivity index is 3.10. The van der Waals surface area contributed by atoms with E-state index in [1.54, 1.807) is 0 Å². The second-order valence-corrected chi connectivity index (χ2v) is 6.33. The predicted octanol–water partition coefficient (Wildman–Crippen LogP) is 5.73. The van der Waals surface area contributed by atoms with Gasteiger partial charge in [-0.2, -0.15) is 0 Å². The summed E-state index contributed by atoms with van der Waals surface area (Å²) in [6.45, 7) is 2.25. The zero-order valence-corrected chi connectivity index (χ0v) is 14.0. The van der Waals surface area contributed by atoms with E-state index >= 15 is 0 Å². The second kappa shape index (κ2) is 12.9. The maximum Gasteiger partial charge on any atom is 0.288 e. The van der Waals surface area contributed by atoms with Crippen molar-refractivity contribution in [3.63, 3.8) is 0 Å². The van der Waals surface area contributed by atoms with Crippen molar-refractivity contribution in [1.82, 2.24) is 5.32 Å². The molecule has 1 atom stereocenters. The third-order valence-electron chi connectivity index (χ3n) is 2.83. The highest BCUT2D eigenvalue weighted by atomic mass is 79.9. The van der Waals surface area contributed by atoms with Crippen LogP contribution in [-0.4, -0.2) is 9.77 Å². The van der Waals surface area contributed by atoms with Crippen LogP contribution in [0.5, 0.6) is 0 Å². The largest absolute Gasteiger partial charge is 0.334 e. The molecule has 0 aliphatic heterocycles. The summed E-state index contributed by atoms with van der Waals surface area (Å²) in [5.41, 5.74) is 0. The van der Waals surface area contributed by atoms with E-state index in [1.165, 1.54) is 57.8 Å². The van der Waals surface area contributed by atoms with E-state index in [2.05, 4.69) is 44.1 Å². The Morgan fingerprint density at radius 3 is 1.94 bits per heavy atom. The van der Waals surface area contributed by atoms with Gasteiger partial charge in [0.1, 0.15) is 0 Å². The SMILES string of the molecule is CCCCCCCCCCCC(Br)NC(=O)Br. The third-order valence-corrected chi connectivity index (χ3v) is 3.75. The Morgan fingerprint density at radius 1 is 1.00 bits per heavy atom. The van der Waals surface area contributed by atoms with Crippen molar-refractivity contribution < 1.29 is 4.79 Å². The van der Waals surface area contributed by atoms with Gasteiger partial charge >= 0.3 is 0 Å². The Kier molecular flexibility index (Phi) is 13.2. The van der Waals surface area contributed by atoms with Crippen molar-refractivity contribution >= 4 is 36.7 Å². The molecule has 0 saturated carbocycles. The molecule has 102 valence electrons. The molecule has 0 radical (unpaired) electrons. The van der Waals surface area contributed by atoms with E-state index in [4.69, 9.17) is 0 Å². The van der Waals surface area contributed by atoms with Crippen LogP contribution in [0.15, 0.2) is 0 Å². The predicted molar refractivity (Wildman–Crippen MR) is 82.0 cm³/mol. The number of hydrogen-bond donors (Lipinski definition) is 1. The smallest absolute Gasteiger partial charge is 0.288 e. The first-order valence-electron chi connectivity index (χ1n) is 6.77. The Morgan fingerprint density at radius 2 is 1.47 bits per heavy atom. The minimum atomic E-state index is -0.143. The first-order chi connectivity index (χ1) is 8.16. The molecule has 0 aromatic carbocycles. The molecule has 0 aromatic heterocycles. The minimum absolute atomic E-state index is 0.110. The molecule has 4 heteroatoms. The molecule has 2 nitrogen and oxygen atoms in total. The topological polar surface area (TPSA) is 29.1 Å². The summed E-state index contributed by atoms with van der Waals surface area (Å²) >= 11 is 6.29. The molecule has 0 saturated heterocycles. The van der Waals surface area contributed by atoms with Gasteiger partial charge in [0, 0.05) is 15.9 Å². The highest BCUT2D eigenvalue weighted by Crippen LogP contribution is 2.13. The second-order valence-electron chi connectivity index (χ2n) is 4.50. The molecule has 1 amide bonds. The highest BCUT2D eigenvalue weighted by molar-refractivity contribution is 9.18. The number of hydrogen-bond acceptors (Lipinski definition) is 1. The molecule has 0 spiro atoms. The maximum absolute atomic E-state index is 10.7. The van der Waals surface area contributed by atoms with Gasteiger partial charge in [-0.1, -0.05) is 80.6 Å². The van der Waals surface area contributed by atoms with Gasteiger partial charge in [0.05, 0.1) is 4.95 Å². The van der Waals surface area contributed by atoms with E-state index in [-0.39, 0.29) is 9.77 Å². The van der Waals surface area contributed by atoms with Crippen LogP contribution in [0.4, 0.5) is 4.79 Å². The fraction of sp³-hybridized carbons (Fsp3) is 0.923. The van der Waals surface area contributed by atoms with Crippen LogP contribution < -0.4 is 5.32 Å². The molecular formula is C13H25Br2NO. The van der Waals surface area contributed by atoms with Gasteiger partial charge in [0.25, 0.3) is 4.82 Å². The van der Waals surface area contributed by atoms with E-state index < -0.39 is 0 Å². The van der Waals surface area contributed by atoms with Gasteiger partial charge in [0.15, 0.2) is 0 Å². The van der Waals surface area contributed by atoms with Gasteiger partial charge in [-0.3, -0.25) is 4.79 Å². The zero-order chi connectivity index (χ0) is 12.9. The van der Waals surface area contributed by atoms with Crippen LogP contribution in [-0.2, 0) is 0 Å². The molecule has 0 heterocycles. The third kappa shape index (κ3) is 14.4. The van der Waals surface area contributed by atoms with E-state index in [0.29, 0.717) is 0 Å². The molecule has 0 bridgehead atoms. The van der Waals surface area contributed by atoms with Crippen molar-refractivity contribution in [2.75, 3.05) is 0 Å². The molecule has 0 fully saturated rings. The lowest BCUT2D eigenvalue weighted by atomic mass is 10.1. The molecule has 0 aliphatic rings. The Bertz CT molecular complexity index is 188. The lowest BCUT2D eigenvalue weighted by molar-refractivity contribution is 0.261. The van der Waals surface area contributed by atoms with E-state index in [1.807, 2.05) is 0 Å². The van der Waals surface area contributed by atoms with Crippen LogP contribution >= 0.6 is 31.9 Å². The van der Waals surface area contributed by atoms with Gasteiger partial charge in [-0.15, -0.1) is 0 Å². The lowest BCUT2D eigenvalue weighted by Gasteiger charge is -2.09. The molecule has 1 N–H and O–H groups in total. The number of nitrogens with one attached hydrogen (secondary N) is 1. The standard InChI is InChI=1S/C13H25Br2NO/c1-2-3-4-5-6-7-8-9-10-11-12(14)16-13(15)17/h12H,2-11H2,1H3,(H,16,17). The van der Waals surface area contributed by atoms with Crippen molar-refractivity contribution in [2.45, 2.75) is 76.1 Å². The van der Waals surface area contributed by atoms with Crippen molar-refractivity contribution in [1.29, 1.82) is 0 Å². The molecule has 0 aliphatic carbocycles. The highest BCUT2D eigenvalue weighted by Gasteiger charge is 2.04. The summed E-state index contributed by atoms with van der Waals surface area (Å²) < 4.78 is 0. The summed E-state index contributed by atoms with van der Waals surface area (Å²) in [6.07, 6.45) is 13.0. The summed E-state index contributed by atoms with van der Waals surface area (Å²) in [5, 5.41) is 2.76. The zero-order valence-electron chi connectivity index (χ0n) is 10.8. The number of halogens is 2. The average Bonchev–Trinajstić information content (AvgIpc) is 2.26. The van der Waals surface area contributed by atoms with Crippen LogP contribution in [0.2, 0.25) is 0 Å². The monoisotopic (exact) mass is 369 g/mol. The van der Waals surface area contributed by atoms with E-state index in [0.717, 1.165) is 6.42 Å². The summed E-state index contributed by atoms with van der Waals surface area (Å²) in [6, 6.07) is 0. The van der Waals surface area contributed by atoms with Crippen molar-refractivity contribution in [3.8, 4) is 0 Å². The molecular weight excluding hydrogens is 346 g/mol. The van der Waals surface area contributed by atoms with E-state index in [9.17, 15) is 4.79 Å². The average molecular weight is 371 g/mol. The molecule has 0 aromatic rings. The van der Waals surface area contributed by atoms with Crippen molar-refractivity contribution in [3.05, 3.63) is 0 Å². The number of alkyl halides is 1. The maximum atomic E-state index is 10.7. The number of amides is 1. The summed E-state index contributed by atoms with van der Waals surface area (Å²) in [7, 11) is 0. The summed E-state index contributed by atoms with van der Waals surface area (Å²) in [5.74, 6) is 0. The summed E-state index contributed by atoms with van der Waals surface area (Å²) in [4.78, 5) is 10.7. The van der Waals surface area contributed by atoms with Gasteiger partial charge in [-0.25, -0.2) is 0 Å². The number of carbonyl (C=O) groups excluding carboxylic acids is 1. The quantitative estimate of drug-likeness (QED) is 0.214.